The molecule has 152 valence electrons. The first-order valence-electron chi connectivity index (χ1n) is 9.59. The number of amides is 1. The Morgan fingerprint density at radius 1 is 0.966 bits per heavy atom. The predicted molar refractivity (Wildman–Crippen MR) is 109 cm³/mol. The van der Waals surface area contributed by atoms with Crippen LogP contribution in [0.4, 0.5) is 4.79 Å². The molecule has 2 aromatic carbocycles. The van der Waals surface area contributed by atoms with Gasteiger partial charge < -0.3 is 15.2 Å². The van der Waals surface area contributed by atoms with Crippen LogP contribution in [0.5, 0.6) is 0 Å². The highest BCUT2D eigenvalue weighted by Crippen LogP contribution is 2.44. The van der Waals surface area contributed by atoms with Gasteiger partial charge in [0.05, 0.1) is 13.0 Å². The van der Waals surface area contributed by atoms with Gasteiger partial charge in [0.15, 0.2) is 5.78 Å². The molecule has 0 saturated heterocycles. The van der Waals surface area contributed by atoms with E-state index in [-0.39, 0.29) is 37.7 Å². The van der Waals surface area contributed by atoms with Crippen LogP contribution in [0.25, 0.3) is 11.1 Å². The highest BCUT2D eigenvalue weighted by molar-refractivity contribution is 5.85. The van der Waals surface area contributed by atoms with Gasteiger partial charge in [0.1, 0.15) is 6.61 Å². The van der Waals surface area contributed by atoms with Gasteiger partial charge >= 0.3 is 12.1 Å². The normalized spacial score (nSPS) is 12.8. The van der Waals surface area contributed by atoms with Crippen molar-refractivity contribution in [1.82, 2.24) is 5.32 Å². The molecule has 1 amide bonds. The lowest BCUT2D eigenvalue weighted by atomic mass is 9.84. The SMILES string of the molecule is CC(C)(CC(=O)O)CC(=O)CNC(=O)OCC1c2ccccc2-c2ccccc21. The van der Waals surface area contributed by atoms with Crippen LogP contribution in [-0.4, -0.2) is 36.1 Å². The molecular weight excluding hydrogens is 370 g/mol. The van der Waals surface area contributed by atoms with E-state index in [1.54, 1.807) is 13.8 Å². The number of fused-ring (bicyclic) bond motifs is 3. The Hall–Kier alpha value is -3.15. The summed E-state index contributed by atoms with van der Waals surface area (Å²) in [7, 11) is 0. The summed E-state index contributed by atoms with van der Waals surface area (Å²) in [4.78, 5) is 35.0. The molecule has 2 aromatic rings. The van der Waals surface area contributed by atoms with Crippen molar-refractivity contribution in [1.29, 1.82) is 0 Å². The third-order valence-corrected chi connectivity index (χ3v) is 5.08. The molecule has 0 aromatic heterocycles. The Morgan fingerprint density at radius 3 is 2.07 bits per heavy atom. The Bertz CT molecular complexity index is 889. The lowest BCUT2D eigenvalue weighted by molar-refractivity contribution is -0.139. The second-order valence-corrected chi connectivity index (χ2v) is 8.13. The summed E-state index contributed by atoms with van der Waals surface area (Å²) in [6, 6.07) is 16.1. The average Bonchev–Trinajstić information content (AvgIpc) is 2.97. The lowest BCUT2D eigenvalue weighted by Crippen LogP contribution is -2.33. The fraction of sp³-hybridized carbons (Fsp3) is 0.348. The van der Waals surface area contributed by atoms with Crippen molar-refractivity contribution in [3.63, 3.8) is 0 Å². The van der Waals surface area contributed by atoms with Crippen molar-refractivity contribution in [2.75, 3.05) is 13.2 Å². The summed E-state index contributed by atoms with van der Waals surface area (Å²) < 4.78 is 5.39. The van der Waals surface area contributed by atoms with Crippen molar-refractivity contribution >= 4 is 17.8 Å². The number of alkyl carbamates (subject to hydrolysis) is 1. The van der Waals surface area contributed by atoms with Gasteiger partial charge in [-0.1, -0.05) is 62.4 Å². The molecule has 0 aliphatic heterocycles. The average molecular weight is 395 g/mol. The van der Waals surface area contributed by atoms with Crippen molar-refractivity contribution in [3.8, 4) is 11.1 Å². The molecule has 0 saturated carbocycles. The number of carbonyl (C=O) groups excluding carboxylic acids is 2. The number of carboxylic acid groups (broad SMARTS) is 1. The van der Waals surface area contributed by atoms with Gasteiger partial charge in [-0.05, 0) is 27.7 Å². The monoisotopic (exact) mass is 395 g/mol. The molecule has 6 heteroatoms. The number of carboxylic acids is 1. The van der Waals surface area contributed by atoms with Crippen molar-refractivity contribution in [2.24, 2.45) is 5.41 Å². The van der Waals surface area contributed by atoms with Gasteiger partial charge in [0, 0.05) is 12.3 Å². The second kappa shape index (κ2) is 8.47. The maximum atomic E-state index is 12.1. The highest BCUT2D eigenvalue weighted by Gasteiger charge is 2.29. The zero-order valence-electron chi connectivity index (χ0n) is 16.6. The summed E-state index contributed by atoms with van der Waals surface area (Å²) in [5.41, 5.74) is 3.87. The van der Waals surface area contributed by atoms with E-state index in [1.165, 1.54) is 0 Å². The third-order valence-electron chi connectivity index (χ3n) is 5.08. The molecule has 29 heavy (non-hydrogen) atoms. The lowest BCUT2D eigenvalue weighted by Gasteiger charge is -2.21. The molecule has 2 N–H and O–H groups in total. The smallest absolute Gasteiger partial charge is 0.407 e. The number of benzene rings is 2. The van der Waals surface area contributed by atoms with E-state index in [2.05, 4.69) is 17.4 Å². The molecule has 3 rings (SSSR count). The number of carbonyl (C=O) groups is 3. The number of aliphatic carboxylic acids is 1. The molecule has 0 unspecified atom stereocenters. The molecule has 0 heterocycles. The van der Waals surface area contributed by atoms with E-state index in [0.717, 1.165) is 22.3 Å². The summed E-state index contributed by atoms with van der Waals surface area (Å²) in [5.74, 6) is -1.23. The van der Waals surface area contributed by atoms with E-state index < -0.39 is 17.5 Å². The first-order valence-corrected chi connectivity index (χ1v) is 9.59. The van der Waals surface area contributed by atoms with Crippen molar-refractivity contribution < 1.29 is 24.2 Å². The number of rotatable bonds is 8. The Morgan fingerprint density at radius 2 is 1.52 bits per heavy atom. The van der Waals surface area contributed by atoms with Crippen LogP contribution in [0.15, 0.2) is 48.5 Å². The molecule has 0 bridgehead atoms. The Labute approximate surface area is 169 Å². The number of nitrogens with one attached hydrogen (secondary N) is 1. The molecular formula is C23H25NO5. The van der Waals surface area contributed by atoms with Gasteiger partial charge in [0.2, 0.25) is 0 Å². The summed E-state index contributed by atoms with van der Waals surface area (Å²) in [5, 5.41) is 11.4. The maximum Gasteiger partial charge on any atom is 0.407 e. The zero-order valence-corrected chi connectivity index (χ0v) is 16.6. The first kappa shape index (κ1) is 20.6. The molecule has 0 spiro atoms. The van der Waals surface area contributed by atoms with Crippen LogP contribution in [0.2, 0.25) is 0 Å². The van der Waals surface area contributed by atoms with Crippen LogP contribution in [-0.2, 0) is 14.3 Å². The van der Waals surface area contributed by atoms with E-state index in [1.807, 2.05) is 36.4 Å². The topological polar surface area (TPSA) is 92.7 Å². The summed E-state index contributed by atoms with van der Waals surface area (Å²) in [6.07, 6.45) is -0.691. The molecule has 0 fully saturated rings. The quantitative estimate of drug-likeness (QED) is 0.705. The number of Topliss-reactive ketones (excluding diaryl/α,β-unsaturated/α-hetero) is 1. The van der Waals surface area contributed by atoms with E-state index in [0.29, 0.717) is 0 Å². The van der Waals surface area contributed by atoms with Gasteiger partial charge in [-0.3, -0.25) is 9.59 Å². The van der Waals surface area contributed by atoms with Crippen LogP contribution in [0.3, 0.4) is 0 Å². The van der Waals surface area contributed by atoms with Gasteiger partial charge in [-0.25, -0.2) is 4.79 Å². The minimum Gasteiger partial charge on any atom is -0.481 e. The minimum atomic E-state index is -0.952. The molecule has 0 atom stereocenters. The van der Waals surface area contributed by atoms with Crippen molar-refractivity contribution in [2.45, 2.75) is 32.6 Å². The Balaban J connectivity index is 1.54. The van der Waals surface area contributed by atoms with Gasteiger partial charge in [-0.15, -0.1) is 0 Å². The number of hydrogen-bond acceptors (Lipinski definition) is 4. The van der Waals surface area contributed by atoms with Crippen molar-refractivity contribution in [3.05, 3.63) is 59.7 Å². The standard InChI is InChI=1S/C23H25NO5/c1-23(2,12-21(26)27)11-15(25)13-24-22(28)29-14-20-18-9-5-3-7-16(18)17-8-4-6-10-19(17)20/h3-10,20H,11-14H2,1-2H3,(H,24,28)(H,26,27). The molecule has 0 radical (unpaired) electrons. The molecule has 1 aliphatic carbocycles. The number of ether oxygens (including phenoxy) is 1. The summed E-state index contributed by atoms with van der Waals surface area (Å²) >= 11 is 0. The second-order valence-electron chi connectivity index (χ2n) is 8.13. The fourth-order valence-electron chi connectivity index (χ4n) is 3.89. The van der Waals surface area contributed by atoms with E-state index >= 15 is 0 Å². The number of hydrogen-bond donors (Lipinski definition) is 2. The van der Waals surface area contributed by atoms with Crippen LogP contribution in [0, 0.1) is 5.41 Å². The van der Waals surface area contributed by atoms with Crippen LogP contribution >= 0.6 is 0 Å². The largest absolute Gasteiger partial charge is 0.481 e. The number of ketones is 1. The first-order chi connectivity index (χ1) is 13.8. The van der Waals surface area contributed by atoms with Crippen LogP contribution < -0.4 is 5.32 Å². The zero-order chi connectivity index (χ0) is 21.0. The fourth-order valence-corrected chi connectivity index (χ4v) is 3.89. The van der Waals surface area contributed by atoms with E-state index in [4.69, 9.17) is 9.84 Å². The third kappa shape index (κ3) is 5.02. The predicted octanol–water partition coefficient (Wildman–Crippen LogP) is 3.99. The van der Waals surface area contributed by atoms with Gasteiger partial charge in [-0.2, -0.15) is 0 Å². The maximum absolute atomic E-state index is 12.1. The van der Waals surface area contributed by atoms with E-state index in [9.17, 15) is 14.4 Å². The van der Waals surface area contributed by atoms with Gasteiger partial charge in [0.25, 0.3) is 0 Å². The summed E-state index contributed by atoms with van der Waals surface area (Å²) in [6.45, 7) is 3.43. The molecule has 1 aliphatic rings. The highest BCUT2D eigenvalue weighted by atomic mass is 16.5. The minimum absolute atomic E-state index is 0.0432. The van der Waals surface area contributed by atoms with Crippen LogP contribution in [0.1, 0.15) is 43.7 Å². The Kier molecular flexibility index (Phi) is 6.01. The molecule has 6 nitrogen and oxygen atoms in total.